The van der Waals surface area contributed by atoms with Gasteiger partial charge in [0.05, 0.1) is 12.6 Å². The van der Waals surface area contributed by atoms with Crippen molar-refractivity contribution in [2.24, 2.45) is 0 Å². The lowest BCUT2D eigenvalue weighted by Gasteiger charge is -2.13. The quantitative estimate of drug-likeness (QED) is 0.610. The maximum absolute atomic E-state index is 12.2. The number of carbonyl (C=O) groups is 2. The van der Waals surface area contributed by atoms with E-state index in [2.05, 4.69) is 16.0 Å². The van der Waals surface area contributed by atoms with Crippen molar-refractivity contribution in [3.05, 3.63) is 54.1 Å². The van der Waals surface area contributed by atoms with Crippen LogP contribution in [0, 0.1) is 0 Å². The molecule has 150 valence electrons. The summed E-state index contributed by atoms with van der Waals surface area (Å²) in [6, 6.07) is 14.5. The van der Waals surface area contributed by atoms with Gasteiger partial charge in [0.25, 0.3) is 5.91 Å². The molecule has 0 fully saturated rings. The Morgan fingerprint density at radius 2 is 1.71 bits per heavy atom. The zero-order chi connectivity index (χ0) is 20.5. The van der Waals surface area contributed by atoms with Crippen LogP contribution < -0.4 is 20.7 Å². The Labute approximate surface area is 166 Å². The molecule has 6 heteroatoms. The predicted octanol–water partition coefficient (Wildman–Crippen LogP) is 4.05. The molecule has 0 aromatic heterocycles. The number of hydrogen-bond acceptors (Lipinski definition) is 4. The molecule has 1 unspecified atom stereocenters. The van der Waals surface area contributed by atoms with Gasteiger partial charge >= 0.3 is 0 Å². The summed E-state index contributed by atoms with van der Waals surface area (Å²) in [5, 5.41) is 8.81. The average Bonchev–Trinajstić information content (AvgIpc) is 2.67. The van der Waals surface area contributed by atoms with E-state index in [0.717, 1.165) is 12.2 Å². The molecule has 0 heterocycles. The van der Waals surface area contributed by atoms with Crippen LogP contribution in [0.2, 0.25) is 0 Å². The Kier molecular flexibility index (Phi) is 7.87. The number of nitrogens with one attached hydrogen (secondary N) is 3. The van der Waals surface area contributed by atoms with E-state index >= 15 is 0 Å². The van der Waals surface area contributed by atoms with Crippen molar-refractivity contribution in [3.8, 4) is 5.75 Å². The van der Waals surface area contributed by atoms with Crippen LogP contribution in [0.3, 0.4) is 0 Å². The molecule has 0 saturated heterocycles. The summed E-state index contributed by atoms with van der Waals surface area (Å²) < 4.78 is 5.58. The van der Waals surface area contributed by atoms with Crippen molar-refractivity contribution in [1.82, 2.24) is 5.32 Å². The van der Waals surface area contributed by atoms with Crippen LogP contribution in [0.15, 0.2) is 48.5 Å². The van der Waals surface area contributed by atoms with Gasteiger partial charge in [0.2, 0.25) is 5.91 Å². The molecule has 2 amide bonds. The van der Waals surface area contributed by atoms with Gasteiger partial charge in [-0.1, -0.05) is 13.0 Å². The van der Waals surface area contributed by atoms with E-state index in [9.17, 15) is 9.59 Å². The van der Waals surface area contributed by atoms with Gasteiger partial charge in [0.1, 0.15) is 5.75 Å². The molecule has 28 heavy (non-hydrogen) atoms. The zero-order valence-corrected chi connectivity index (χ0v) is 16.9. The summed E-state index contributed by atoms with van der Waals surface area (Å²) in [7, 11) is 0. The second-order valence-corrected chi connectivity index (χ2v) is 6.96. The monoisotopic (exact) mass is 383 g/mol. The van der Waals surface area contributed by atoms with Gasteiger partial charge in [-0.25, -0.2) is 0 Å². The van der Waals surface area contributed by atoms with Crippen LogP contribution in [0.5, 0.6) is 5.75 Å². The lowest BCUT2D eigenvalue weighted by Crippen LogP contribution is -2.31. The molecule has 0 radical (unpaired) electrons. The van der Waals surface area contributed by atoms with Gasteiger partial charge in [-0.15, -0.1) is 0 Å². The predicted molar refractivity (Wildman–Crippen MR) is 113 cm³/mol. The van der Waals surface area contributed by atoms with Crippen LogP contribution in [-0.2, 0) is 4.79 Å². The summed E-state index contributed by atoms with van der Waals surface area (Å²) >= 11 is 0. The third kappa shape index (κ3) is 6.95. The lowest BCUT2D eigenvalue weighted by atomic mass is 10.1. The van der Waals surface area contributed by atoms with E-state index in [-0.39, 0.29) is 30.5 Å². The molecular weight excluding hydrogens is 354 g/mol. The van der Waals surface area contributed by atoms with Gasteiger partial charge in [-0.2, -0.15) is 0 Å². The van der Waals surface area contributed by atoms with E-state index in [1.165, 1.54) is 0 Å². The van der Waals surface area contributed by atoms with Gasteiger partial charge in [-0.05, 0) is 69.7 Å². The highest BCUT2D eigenvalue weighted by atomic mass is 16.5. The standard InChI is InChI=1S/C22H29N3O3/c1-5-16(4)24-22(27)17-7-6-8-19(13-17)23-14-21(26)25-18-9-11-20(12-10-18)28-15(2)3/h6-13,15-16,23H,5,14H2,1-4H3,(H,24,27)(H,25,26). The summed E-state index contributed by atoms with van der Waals surface area (Å²) in [4.78, 5) is 24.4. The van der Waals surface area contributed by atoms with Crippen molar-refractivity contribution in [2.45, 2.75) is 46.3 Å². The van der Waals surface area contributed by atoms with E-state index in [0.29, 0.717) is 16.9 Å². The Morgan fingerprint density at radius 3 is 2.36 bits per heavy atom. The van der Waals surface area contributed by atoms with Crippen LogP contribution in [0.25, 0.3) is 0 Å². The van der Waals surface area contributed by atoms with Gasteiger partial charge in [0.15, 0.2) is 0 Å². The molecule has 2 rings (SSSR count). The van der Waals surface area contributed by atoms with E-state index < -0.39 is 0 Å². The third-order valence-electron chi connectivity index (χ3n) is 4.08. The molecule has 2 aromatic carbocycles. The first-order chi connectivity index (χ1) is 13.4. The fourth-order valence-electron chi connectivity index (χ4n) is 2.46. The second kappa shape index (κ2) is 10.3. The molecular formula is C22H29N3O3. The molecule has 0 aliphatic carbocycles. The molecule has 1 atom stereocenters. The SMILES string of the molecule is CCC(C)NC(=O)c1cccc(NCC(=O)Nc2ccc(OC(C)C)cc2)c1. The topological polar surface area (TPSA) is 79.5 Å². The maximum Gasteiger partial charge on any atom is 0.251 e. The van der Waals surface area contributed by atoms with Crippen molar-refractivity contribution in [2.75, 3.05) is 17.2 Å². The summed E-state index contributed by atoms with van der Waals surface area (Å²) in [5.41, 5.74) is 1.98. The van der Waals surface area contributed by atoms with Crippen LogP contribution in [0.1, 0.15) is 44.5 Å². The molecule has 3 N–H and O–H groups in total. The molecule has 0 bridgehead atoms. The number of hydrogen-bond donors (Lipinski definition) is 3. The number of ether oxygens (including phenoxy) is 1. The maximum atomic E-state index is 12.2. The van der Waals surface area contributed by atoms with Gasteiger partial charge in [-0.3, -0.25) is 9.59 Å². The smallest absolute Gasteiger partial charge is 0.251 e. The third-order valence-corrected chi connectivity index (χ3v) is 4.08. The van der Waals surface area contributed by atoms with Crippen LogP contribution >= 0.6 is 0 Å². The van der Waals surface area contributed by atoms with Gasteiger partial charge < -0.3 is 20.7 Å². The fraction of sp³-hybridized carbons (Fsp3) is 0.364. The molecule has 0 aliphatic rings. The van der Waals surface area contributed by atoms with Crippen molar-refractivity contribution >= 4 is 23.2 Å². The van der Waals surface area contributed by atoms with Crippen molar-refractivity contribution in [1.29, 1.82) is 0 Å². The Morgan fingerprint density at radius 1 is 1.00 bits per heavy atom. The van der Waals surface area contributed by atoms with Gasteiger partial charge in [0, 0.05) is 23.0 Å². The van der Waals surface area contributed by atoms with E-state index in [1.807, 2.05) is 45.9 Å². The molecule has 6 nitrogen and oxygen atoms in total. The first-order valence-electron chi connectivity index (χ1n) is 9.58. The summed E-state index contributed by atoms with van der Waals surface area (Å²) in [5.74, 6) is 0.469. The van der Waals surface area contributed by atoms with E-state index in [4.69, 9.17) is 4.74 Å². The second-order valence-electron chi connectivity index (χ2n) is 6.96. The fourth-order valence-corrected chi connectivity index (χ4v) is 2.46. The minimum absolute atomic E-state index is 0.0979. The number of benzene rings is 2. The highest BCUT2D eigenvalue weighted by Crippen LogP contribution is 2.17. The minimum Gasteiger partial charge on any atom is -0.491 e. The molecule has 0 spiro atoms. The first kappa shape index (κ1) is 21.3. The number of rotatable bonds is 9. The first-order valence-corrected chi connectivity index (χ1v) is 9.58. The lowest BCUT2D eigenvalue weighted by molar-refractivity contribution is -0.114. The van der Waals surface area contributed by atoms with Crippen LogP contribution in [0.4, 0.5) is 11.4 Å². The number of carbonyl (C=O) groups excluding carboxylic acids is 2. The zero-order valence-electron chi connectivity index (χ0n) is 16.9. The summed E-state index contributed by atoms with van der Waals surface area (Å²) in [6.45, 7) is 8.01. The highest BCUT2D eigenvalue weighted by Gasteiger charge is 2.09. The Bertz CT molecular complexity index is 788. The average molecular weight is 383 g/mol. The minimum atomic E-state index is -0.174. The highest BCUT2D eigenvalue weighted by molar-refractivity contribution is 5.96. The Balaban J connectivity index is 1.87. The molecule has 2 aromatic rings. The normalized spacial score (nSPS) is 11.6. The number of amides is 2. The van der Waals surface area contributed by atoms with Crippen LogP contribution in [-0.4, -0.2) is 30.5 Å². The molecule has 0 saturated carbocycles. The van der Waals surface area contributed by atoms with Crippen molar-refractivity contribution < 1.29 is 14.3 Å². The Hall–Kier alpha value is -3.02. The van der Waals surface area contributed by atoms with Crippen molar-refractivity contribution in [3.63, 3.8) is 0 Å². The number of anilines is 2. The van der Waals surface area contributed by atoms with E-state index in [1.54, 1.807) is 30.3 Å². The summed E-state index contributed by atoms with van der Waals surface area (Å²) in [6.07, 6.45) is 0.974. The molecule has 0 aliphatic heterocycles. The largest absolute Gasteiger partial charge is 0.491 e.